The molecule has 5 aromatic rings. The first-order chi connectivity index (χ1) is 18.7. The molecule has 12 heteroatoms. The Balaban J connectivity index is 1.54. The summed E-state index contributed by atoms with van der Waals surface area (Å²) in [6, 6.07) is 16.4. The van der Waals surface area contributed by atoms with Crippen LogP contribution in [0.3, 0.4) is 0 Å². The number of benzene rings is 2. The summed E-state index contributed by atoms with van der Waals surface area (Å²) < 4.78 is 29.7. The molecule has 5 rings (SSSR count). The van der Waals surface area contributed by atoms with Gasteiger partial charge in [0.05, 0.1) is 16.0 Å². The van der Waals surface area contributed by atoms with Gasteiger partial charge in [-0.05, 0) is 43.7 Å². The Morgan fingerprint density at radius 3 is 2.49 bits per heavy atom. The lowest BCUT2D eigenvalue weighted by Crippen LogP contribution is -2.30. The Morgan fingerprint density at radius 1 is 1.03 bits per heavy atom. The summed E-state index contributed by atoms with van der Waals surface area (Å²) in [5.41, 5.74) is 2.28. The fourth-order valence-electron chi connectivity index (χ4n) is 4.37. The molecule has 0 aliphatic carbocycles. The van der Waals surface area contributed by atoms with E-state index in [1.54, 1.807) is 18.2 Å². The number of thiophene rings is 1. The van der Waals surface area contributed by atoms with E-state index in [4.69, 9.17) is 0 Å². The van der Waals surface area contributed by atoms with E-state index in [1.165, 1.54) is 27.4 Å². The fourth-order valence-corrected chi connectivity index (χ4v) is 7.74. The Kier molecular flexibility index (Phi) is 7.72. The Morgan fingerprint density at radius 2 is 1.77 bits per heavy atom. The predicted octanol–water partition coefficient (Wildman–Crippen LogP) is 5.17. The molecule has 0 spiro atoms. The molecule has 1 N–H and O–H groups in total. The average Bonchev–Trinajstić information content (AvgIpc) is 3.49. The van der Waals surface area contributed by atoms with Gasteiger partial charge in [0.1, 0.15) is 10.7 Å². The number of aryl methyl sites for hydroxylation is 2. The highest BCUT2D eigenvalue weighted by Crippen LogP contribution is 2.31. The van der Waals surface area contributed by atoms with Crippen LogP contribution in [0.5, 0.6) is 0 Å². The topological polar surface area (TPSA) is 114 Å². The lowest BCUT2D eigenvalue weighted by Gasteiger charge is -2.19. The van der Waals surface area contributed by atoms with Crippen LogP contribution in [0.1, 0.15) is 30.1 Å². The maximum atomic E-state index is 13.2. The zero-order valence-electron chi connectivity index (χ0n) is 22.0. The van der Waals surface area contributed by atoms with Crippen LogP contribution in [0.25, 0.3) is 27.3 Å². The maximum Gasteiger partial charge on any atom is 0.259 e. The van der Waals surface area contributed by atoms with Crippen molar-refractivity contribution in [2.45, 2.75) is 43.5 Å². The number of aromatic nitrogens is 5. The first kappa shape index (κ1) is 27.3. The van der Waals surface area contributed by atoms with Gasteiger partial charge in [-0.15, -0.1) is 21.5 Å². The van der Waals surface area contributed by atoms with Crippen LogP contribution in [0, 0.1) is 13.8 Å². The summed E-state index contributed by atoms with van der Waals surface area (Å²) in [4.78, 5) is 22.3. The molecule has 0 saturated carbocycles. The smallest absolute Gasteiger partial charge is 0.259 e. The molecule has 2 aromatic carbocycles. The monoisotopic (exact) mass is 580 g/mol. The minimum Gasteiger partial charge on any atom is -0.309 e. The summed E-state index contributed by atoms with van der Waals surface area (Å²) in [6.07, 6.45) is 0. The van der Waals surface area contributed by atoms with Crippen molar-refractivity contribution < 1.29 is 8.42 Å². The van der Waals surface area contributed by atoms with E-state index in [0.29, 0.717) is 46.6 Å². The zero-order valence-corrected chi connectivity index (χ0v) is 24.5. The third-order valence-corrected chi connectivity index (χ3v) is 10.6. The van der Waals surface area contributed by atoms with Crippen LogP contribution in [0.2, 0.25) is 0 Å². The van der Waals surface area contributed by atoms with E-state index in [9.17, 15) is 13.2 Å². The molecule has 0 radical (unpaired) electrons. The summed E-state index contributed by atoms with van der Waals surface area (Å²) >= 11 is 2.91. The van der Waals surface area contributed by atoms with Gasteiger partial charge in [0, 0.05) is 29.2 Å². The number of sulfonamides is 1. The summed E-state index contributed by atoms with van der Waals surface area (Å²) in [5, 5.41) is 10.1. The predicted molar refractivity (Wildman–Crippen MR) is 156 cm³/mol. The van der Waals surface area contributed by atoms with Crippen molar-refractivity contribution in [2.24, 2.45) is 0 Å². The second-order valence-electron chi connectivity index (χ2n) is 8.86. The molecule has 0 amide bonds. The van der Waals surface area contributed by atoms with Crippen LogP contribution in [-0.4, -0.2) is 50.5 Å². The van der Waals surface area contributed by atoms with Crippen molar-refractivity contribution >= 4 is 43.3 Å². The number of hydrogen-bond donors (Lipinski definition) is 1. The largest absolute Gasteiger partial charge is 0.309 e. The van der Waals surface area contributed by atoms with E-state index in [2.05, 4.69) is 20.2 Å². The van der Waals surface area contributed by atoms with E-state index in [-0.39, 0.29) is 10.5 Å². The Bertz CT molecular complexity index is 1810. The van der Waals surface area contributed by atoms with Crippen molar-refractivity contribution in [1.82, 2.24) is 29.0 Å². The third-order valence-electron chi connectivity index (χ3n) is 6.51. The number of thioether (sulfide) groups is 1. The molecule has 0 saturated heterocycles. The second kappa shape index (κ2) is 11.0. The number of hydrogen-bond acceptors (Lipinski definition) is 8. The van der Waals surface area contributed by atoms with Crippen molar-refractivity contribution in [1.29, 1.82) is 0 Å². The van der Waals surface area contributed by atoms with Crippen LogP contribution in [0.15, 0.2) is 69.4 Å². The Hall–Kier alpha value is -3.32. The standard InChI is InChI=1S/C27H28N6O3S3/c1-5-32(6-2)39(35,36)21-14-10-11-19(15-21)24-30-31-27(33(24)20-12-8-7-9-13-20)37-16-22-28-25(34)23-17(3)18(4)38-26(23)29-22/h7-15H,5-6,16H2,1-4H3,(H,28,29,34). The normalized spacial score (nSPS) is 12.0. The van der Waals surface area contributed by atoms with Gasteiger partial charge in [-0.2, -0.15) is 4.31 Å². The summed E-state index contributed by atoms with van der Waals surface area (Å²) in [5.74, 6) is 1.44. The third kappa shape index (κ3) is 5.17. The van der Waals surface area contributed by atoms with E-state index >= 15 is 0 Å². The number of rotatable bonds is 9. The molecule has 3 heterocycles. The second-order valence-corrected chi connectivity index (χ2v) is 12.9. The first-order valence-corrected chi connectivity index (χ1v) is 15.7. The lowest BCUT2D eigenvalue weighted by atomic mass is 10.2. The van der Waals surface area contributed by atoms with E-state index in [1.807, 2.05) is 68.7 Å². The van der Waals surface area contributed by atoms with Crippen molar-refractivity contribution in [2.75, 3.05) is 13.1 Å². The molecule has 39 heavy (non-hydrogen) atoms. The number of para-hydroxylation sites is 1. The highest BCUT2D eigenvalue weighted by atomic mass is 32.2. The molecule has 3 aromatic heterocycles. The maximum absolute atomic E-state index is 13.2. The lowest BCUT2D eigenvalue weighted by molar-refractivity contribution is 0.445. The van der Waals surface area contributed by atoms with E-state index < -0.39 is 10.0 Å². The van der Waals surface area contributed by atoms with Gasteiger partial charge in [0.2, 0.25) is 10.0 Å². The van der Waals surface area contributed by atoms with E-state index in [0.717, 1.165) is 21.0 Å². The number of fused-ring (bicyclic) bond motifs is 1. The number of H-pyrrole nitrogens is 1. The molecular formula is C27H28N6O3S3. The van der Waals surface area contributed by atoms with Crippen LogP contribution < -0.4 is 5.56 Å². The molecule has 0 aliphatic rings. The molecule has 0 atom stereocenters. The van der Waals surface area contributed by atoms with Crippen molar-refractivity contribution in [3.05, 3.63) is 81.2 Å². The number of nitrogens with one attached hydrogen (secondary N) is 1. The van der Waals surface area contributed by atoms with Crippen molar-refractivity contribution in [3.63, 3.8) is 0 Å². The quantitative estimate of drug-likeness (QED) is 0.239. The molecule has 0 unspecified atom stereocenters. The minimum absolute atomic E-state index is 0.145. The SMILES string of the molecule is CCN(CC)S(=O)(=O)c1cccc(-c2nnc(SCc3nc4sc(C)c(C)c4c(=O)[nH]3)n2-c2ccccc2)c1. The van der Waals surface area contributed by atoms with Gasteiger partial charge in [-0.3, -0.25) is 9.36 Å². The first-order valence-electron chi connectivity index (χ1n) is 12.5. The molecule has 0 bridgehead atoms. The molecule has 0 aliphatic heterocycles. The van der Waals surface area contributed by atoms with Gasteiger partial charge < -0.3 is 4.98 Å². The van der Waals surface area contributed by atoms with Gasteiger partial charge in [0.25, 0.3) is 5.56 Å². The Labute approximate surface area is 235 Å². The van der Waals surface area contributed by atoms with Gasteiger partial charge in [-0.25, -0.2) is 13.4 Å². The van der Waals surface area contributed by atoms with Gasteiger partial charge in [0.15, 0.2) is 11.0 Å². The van der Waals surface area contributed by atoms with Gasteiger partial charge in [-0.1, -0.05) is 55.9 Å². The zero-order chi connectivity index (χ0) is 27.7. The van der Waals surface area contributed by atoms with Crippen LogP contribution >= 0.6 is 23.1 Å². The van der Waals surface area contributed by atoms with Crippen LogP contribution in [-0.2, 0) is 15.8 Å². The highest BCUT2D eigenvalue weighted by Gasteiger charge is 2.24. The minimum atomic E-state index is -3.64. The summed E-state index contributed by atoms with van der Waals surface area (Å²) in [6.45, 7) is 8.34. The average molecular weight is 581 g/mol. The molecular weight excluding hydrogens is 553 g/mol. The number of aromatic amines is 1. The molecule has 202 valence electrons. The van der Waals surface area contributed by atoms with Crippen molar-refractivity contribution in [3.8, 4) is 17.1 Å². The highest BCUT2D eigenvalue weighted by molar-refractivity contribution is 7.98. The molecule has 9 nitrogen and oxygen atoms in total. The summed E-state index contributed by atoms with van der Waals surface area (Å²) in [7, 11) is -3.64. The number of nitrogens with zero attached hydrogens (tertiary/aromatic N) is 5. The molecule has 0 fully saturated rings. The fraction of sp³-hybridized carbons (Fsp3) is 0.259. The van der Waals surface area contributed by atoms with Gasteiger partial charge >= 0.3 is 0 Å². The van der Waals surface area contributed by atoms with Crippen LogP contribution in [0.4, 0.5) is 0 Å².